The van der Waals surface area contributed by atoms with Crippen LogP contribution < -0.4 is 10.6 Å². The number of oxazole rings is 1. The van der Waals surface area contributed by atoms with Gasteiger partial charge in [-0.15, -0.1) is 5.10 Å². The van der Waals surface area contributed by atoms with Gasteiger partial charge in [0.05, 0.1) is 23.8 Å². The number of aliphatic hydroxyl groups is 1. The highest BCUT2D eigenvalue weighted by Crippen LogP contribution is 2.30. The van der Waals surface area contributed by atoms with Crippen LogP contribution in [0.3, 0.4) is 0 Å². The van der Waals surface area contributed by atoms with Crippen LogP contribution in [0, 0.1) is 5.82 Å². The highest BCUT2D eigenvalue weighted by Gasteiger charge is 2.25. The summed E-state index contributed by atoms with van der Waals surface area (Å²) in [5.41, 5.74) is 8.72. The SMILES string of the molecule is CC(C)(O)c1nc(-c2ccc(F)c(N3CCN(CCn4ncc5c4nc(N)n4nc(-c6ccccn6)nc54)CC3)c2)co1. The number of nitrogens with two attached hydrogens (primary N) is 1. The molecule has 0 unspecified atom stereocenters. The van der Waals surface area contributed by atoms with E-state index in [1.807, 2.05) is 27.8 Å². The number of nitrogens with zero attached hydrogens (tertiary/aromatic N) is 10. The normalized spacial score (nSPS) is 14.7. The number of nitrogen functional groups attached to an aromatic ring is 1. The summed E-state index contributed by atoms with van der Waals surface area (Å²) in [5.74, 6) is 0.610. The molecule has 13 nitrogen and oxygen atoms in total. The first-order chi connectivity index (χ1) is 20.7. The molecule has 6 aromatic rings. The van der Waals surface area contributed by atoms with Gasteiger partial charge in [-0.05, 0) is 44.2 Å². The van der Waals surface area contributed by atoms with Crippen LogP contribution in [0.4, 0.5) is 16.0 Å². The zero-order valence-corrected chi connectivity index (χ0v) is 23.7. The van der Waals surface area contributed by atoms with Crippen molar-refractivity contribution < 1.29 is 13.9 Å². The number of hydrogen-bond donors (Lipinski definition) is 2. The molecule has 1 aromatic carbocycles. The van der Waals surface area contributed by atoms with E-state index in [2.05, 4.69) is 35.0 Å². The van der Waals surface area contributed by atoms with Gasteiger partial charge < -0.3 is 20.2 Å². The Morgan fingerprint density at radius 1 is 1.00 bits per heavy atom. The van der Waals surface area contributed by atoms with E-state index in [9.17, 15) is 9.50 Å². The van der Waals surface area contributed by atoms with Crippen molar-refractivity contribution in [2.24, 2.45) is 0 Å². The highest BCUT2D eigenvalue weighted by molar-refractivity contribution is 5.90. The van der Waals surface area contributed by atoms with Crippen molar-refractivity contribution in [1.29, 1.82) is 0 Å². The lowest BCUT2D eigenvalue weighted by Crippen LogP contribution is -2.47. The maximum Gasteiger partial charge on any atom is 0.226 e. The van der Waals surface area contributed by atoms with Crippen molar-refractivity contribution >= 4 is 28.3 Å². The molecule has 3 N–H and O–H groups in total. The zero-order chi connectivity index (χ0) is 29.7. The first-order valence-corrected chi connectivity index (χ1v) is 14.0. The second-order valence-corrected chi connectivity index (χ2v) is 11.1. The quantitative estimate of drug-likeness (QED) is 0.285. The highest BCUT2D eigenvalue weighted by atomic mass is 19.1. The molecule has 5 aromatic heterocycles. The minimum atomic E-state index is -1.20. The smallest absolute Gasteiger partial charge is 0.226 e. The summed E-state index contributed by atoms with van der Waals surface area (Å²) in [6.07, 6.45) is 4.91. The van der Waals surface area contributed by atoms with Gasteiger partial charge in [0.2, 0.25) is 17.7 Å². The average molecular weight is 584 g/mol. The summed E-state index contributed by atoms with van der Waals surface area (Å²) in [7, 11) is 0. The van der Waals surface area contributed by atoms with E-state index in [4.69, 9.17) is 10.2 Å². The first kappa shape index (κ1) is 26.9. The summed E-state index contributed by atoms with van der Waals surface area (Å²) >= 11 is 0. The van der Waals surface area contributed by atoms with Crippen molar-refractivity contribution in [2.75, 3.05) is 43.4 Å². The molecule has 0 aliphatic carbocycles. The summed E-state index contributed by atoms with van der Waals surface area (Å²) in [6.45, 7) is 7.39. The molecule has 0 amide bonds. The average Bonchev–Trinajstić information content (AvgIpc) is 3.76. The molecule has 0 saturated carbocycles. The third kappa shape index (κ3) is 5.04. The Labute approximate surface area is 245 Å². The summed E-state index contributed by atoms with van der Waals surface area (Å²) in [6, 6.07) is 10.5. The van der Waals surface area contributed by atoms with E-state index < -0.39 is 5.60 Å². The van der Waals surface area contributed by atoms with Gasteiger partial charge >= 0.3 is 0 Å². The van der Waals surface area contributed by atoms with Crippen LogP contribution >= 0.6 is 0 Å². The molecule has 0 atom stereocenters. The summed E-state index contributed by atoms with van der Waals surface area (Å²) < 4.78 is 23.7. The van der Waals surface area contributed by atoms with Crippen molar-refractivity contribution in [3.63, 3.8) is 0 Å². The van der Waals surface area contributed by atoms with Crippen LogP contribution in [0.5, 0.6) is 0 Å². The third-order valence-corrected chi connectivity index (χ3v) is 7.60. The van der Waals surface area contributed by atoms with Crippen molar-refractivity contribution in [3.05, 3.63) is 66.8 Å². The largest absolute Gasteiger partial charge is 0.445 e. The zero-order valence-electron chi connectivity index (χ0n) is 23.7. The minimum Gasteiger partial charge on any atom is -0.445 e. The van der Waals surface area contributed by atoms with Gasteiger partial charge in [0.25, 0.3) is 0 Å². The Balaban J connectivity index is 1.03. The molecule has 14 heteroatoms. The van der Waals surface area contributed by atoms with Gasteiger partial charge in [0.1, 0.15) is 29.1 Å². The molecule has 0 bridgehead atoms. The van der Waals surface area contributed by atoms with Crippen LogP contribution in [-0.2, 0) is 12.1 Å². The number of halogens is 1. The van der Waals surface area contributed by atoms with Gasteiger partial charge in [-0.1, -0.05) is 6.07 Å². The van der Waals surface area contributed by atoms with Crippen LogP contribution in [0.1, 0.15) is 19.7 Å². The van der Waals surface area contributed by atoms with E-state index in [0.717, 1.165) is 30.6 Å². The fourth-order valence-corrected chi connectivity index (χ4v) is 5.27. The molecule has 0 radical (unpaired) electrons. The molecule has 1 aliphatic heterocycles. The van der Waals surface area contributed by atoms with Crippen LogP contribution in [0.25, 0.3) is 39.5 Å². The van der Waals surface area contributed by atoms with E-state index in [1.54, 1.807) is 38.4 Å². The van der Waals surface area contributed by atoms with Gasteiger partial charge in [-0.2, -0.15) is 14.6 Å². The summed E-state index contributed by atoms with van der Waals surface area (Å²) in [4.78, 5) is 22.3. The Bertz CT molecular complexity index is 1920. The van der Waals surface area contributed by atoms with Gasteiger partial charge in [0.15, 0.2) is 11.3 Å². The second-order valence-electron chi connectivity index (χ2n) is 11.1. The van der Waals surface area contributed by atoms with Crippen LogP contribution in [0.15, 0.2) is 59.5 Å². The van der Waals surface area contributed by atoms with Crippen molar-refractivity contribution in [2.45, 2.75) is 26.0 Å². The Morgan fingerprint density at radius 2 is 1.84 bits per heavy atom. The fraction of sp³-hybridized carbons (Fsp3) is 0.310. The molecule has 7 rings (SSSR count). The fourth-order valence-electron chi connectivity index (χ4n) is 5.27. The second kappa shape index (κ2) is 10.4. The van der Waals surface area contributed by atoms with E-state index in [0.29, 0.717) is 53.8 Å². The summed E-state index contributed by atoms with van der Waals surface area (Å²) in [5, 5.41) is 20.0. The van der Waals surface area contributed by atoms with E-state index in [-0.39, 0.29) is 17.7 Å². The lowest BCUT2D eigenvalue weighted by molar-refractivity contribution is 0.0483. The van der Waals surface area contributed by atoms with E-state index in [1.165, 1.54) is 16.8 Å². The molecule has 220 valence electrons. The number of aromatic nitrogens is 8. The van der Waals surface area contributed by atoms with Crippen molar-refractivity contribution in [3.8, 4) is 22.8 Å². The predicted molar refractivity (Wildman–Crippen MR) is 158 cm³/mol. The number of fused-ring (bicyclic) bond motifs is 3. The molecule has 0 spiro atoms. The molecule has 1 aliphatic rings. The van der Waals surface area contributed by atoms with Crippen LogP contribution in [0.2, 0.25) is 0 Å². The Hall–Kier alpha value is -4.95. The number of rotatable bonds is 7. The third-order valence-electron chi connectivity index (χ3n) is 7.60. The number of anilines is 2. The van der Waals surface area contributed by atoms with Gasteiger partial charge in [-0.3, -0.25) is 9.88 Å². The van der Waals surface area contributed by atoms with Gasteiger partial charge in [-0.25, -0.2) is 19.0 Å². The first-order valence-electron chi connectivity index (χ1n) is 14.0. The molecule has 1 fully saturated rings. The van der Waals surface area contributed by atoms with Crippen LogP contribution in [-0.4, -0.2) is 82.1 Å². The predicted octanol–water partition coefficient (Wildman–Crippen LogP) is 2.96. The minimum absolute atomic E-state index is 0.213. The number of benzene rings is 1. The molecule has 1 saturated heterocycles. The lowest BCUT2D eigenvalue weighted by Gasteiger charge is -2.36. The lowest BCUT2D eigenvalue weighted by atomic mass is 10.1. The Morgan fingerprint density at radius 3 is 2.58 bits per heavy atom. The standard InChI is InChI=1S/C29H30FN11O2/c1-29(2,42)27-34-22(17-43-27)18-6-7-20(30)23(15-18)39-12-9-38(10-13-39)11-14-40-25-19(16-33-40)26-35-24(21-5-3-4-8-32-21)37-41(26)28(31)36-25/h3-8,15-17,42H,9-14H2,1-2H3,(H2,31,36). The molecular formula is C29H30FN11O2. The number of pyridine rings is 1. The van der Waals surface area contributed by atoms with E-state index >= 15 is 0 Å². The topological polar surface area (TPSA) is 153 Å². The number of piperazine rings is 1. The maximum atomic E-state index is 14.9. The van der Waals surface area contributed by atoms with Crippen molar-refractivity contribution in [1.82, 2.24) is 44.2 Å². The molecular weight excluding hydrogens is 553 g/mol. The molecule has 6 heterocycles. The number of hydrogen-bond acceptors (Lipinski definition) is 11. The maximum absolute atomic E-state index is 14.9. The molecule has 43 heavy (non-hydrogen) atoms. The Kier molecular flexibility index (Phi) is 6.51. The van der Waals surface area contributed by atoms with Gasteiger partial charge in [0, 0.05) is 44.5 Å². The monoisotopic (exact) mass is 583 g/mol.